The number of rotatable bonds is 12. The number of carbonyl (C=O) groups is 2. The first kappa shape index (κ1) is 29.5. The summed E-state index contributed by atoms with van der Waals surface area (Å²) < 4.78 is 28.5. The molecule has 1 atom stereocenters. The average molecular weight is 577 g/mol. The molecule has 10 heteroatoms. The highest BCUT2D eigenvalue weighted by Crippen LogP contribution is 2.33. The van der Waals surface area contributed by atoms with Crippen LogP contribution in [0.2, 0.25) is 10.0 Å². The van der Waals surface area contributed by atoms with Crippen LogP contribution >= 0.6 is 23.2 Å². The molecule has 0 heterocycles. The number of unbranched alkanes of at least 4 members (excludes halogenated alkanes) is 1. The normalized spacial score (nSPS) is 12.0. The lowest BCUT2D eigenvalue weighted by Crippen LogP contribution is -2.51. The second-order valence-electron chi connectivity index (χ2n) is 8.75. The minimum Gasteiger partial charge on any atom is -0.354 e. The summed E-state index contributed by atoms with van der Waals surface area (Å²) in [4.78, 5) is 28.2. The van der Waals surface area contributed by atoms with Crippen LogP contribution in [0.25, 0.3) is 0 Å². The Kier molecular flexibility index (Phi) is 10.6. The van der Waals surface area contributed by atoms with Gasteiger partial charge in [0, 0.05) is 18.1 Å². The molecule has 3 rings (SSSR count). The minimum atomic E-state index is -4.20. The van der Waals surface area contributed by atoms with E-state index in [2.05, 4.69) is 5.32 Å². The van der Waals surface area contributed by atoms with Gasteiger partial charge in [-0.25, -0.2) is 8.42 Å². The molecule has 0 aromatic heterocycles. The van der Waals surface area contributed by atoms with Gasteiger partial charge in [0.1, 0.15) is 12.6 Å². The molecule has 7 nitrogen and oxygen atoms in total. The van der Waals surface area contributed by atoms with E-state index in [0.717, 1.165) is 22.7 Å². The zero-order valence-electron chi connectivity index (χ0n) is 21.3. The Morgan fingerprint density at radius 3 is 2.18 bits per heavy atom. The molecular weight excluding hydrogens is 545 g/mol. The number of nitrogens with one attached hydrogen (secondary N) is 1. The number of anilines is 1. The van der Waals surface area contributed by atoms with E-state index in [0.29, 0.717) is 11.6 Å². The van der Waals surface area contributed by atoms with Crippen LogP contribution in [-0.4, -0.2) is 44.3 Å². The van der Waals surface area contributed by atoms with Gasteiger partial charge in [0.25, 0.3) is 10.0 Å². The highest BCUT2D eigenvalue weighted by molar-refractivity contribution is 7.92. The first-order valence-electron chi connectivity index (χ1n) is 12.3. The Morgan fingerprint density at radius 1 is 0.947 bits per heavy atom. The maximum Gasteiger partial charge on any atom is 0.264 e. The first-order valence-corrected chi connectivity index (χ1v) is 14.5. The van der Waals surface area contributed by atoms with E-state index in [-0.39, 0.29) is 28.1 Å². The third kappa shape index (κ3) is 7.49. The van der Waals surface area contributed by atoms with E-state index in [1.165, 1.54) is 35.2 Å². The third-order valence-electron chi connectivity index (χ3n) is 5.98. The number of amides is 2. The SMILES string of the molecule is CCCCNC(=O)[C@H](C)N(Cc1ccccc1)C(=O)CN(c1ccc(Cl)cc1Cl)S(=O)(=O)c1ccccc1. The van der Waals surface area contributed by atoms with Crippen molar-refractivity contribution in [1.29, 1.82) is 0 Å². The van der Waals surface area contributed by atoms with E-state index in [9.17, 15) is 18.0 Å². The van der Waals surface area contributed by atoms with Crippen molar-refractivity contribution in [3.8, 4) is 0 Å². The molecule has 38 heavy (non-hydrogen) atoms. The molecular formula is C28H31Cl2N3O4S. The summed E-state index contributed by atoms with van der Waals surface area (Å²) in [5, 5.41) is 3.26. The zero-order chi connectivity index (χ0) is 27.7. The lowest BCUT2D eigenvalue weighted by atomic mass is 10.1. The van der Waals surface area contributed by atoms with Crippen LogP contribution in [0.1, 0.15) is 32.3 Å². The van der Waals surface area contributed by atoms with Gasteiger partial charge in [-0.1, -0.05) is 85.1 Å². The van der Waals surface area contributed by atoms with Crippen molar-refractivity contribution >= 4 is 50.7 Å². The third-order valence-corrected chi connectivity index (χ3v) is 8.29. The summed E-state index contributed by atoms with van der Waals surface area (Å²) in [7, 11) is -4.20. The molecule has 0 saturated heterocycles. The standard InChI is InChI=1S/C28H31Cl2N3O4S/c1-3-4-17-31-28(35)21(2)32(19-22-11-7-5-8-12-22)27(34)20-33(26-16-15-23(29)18-25(26)30)38(36,37)24-13-9-6-10-14-24/h5-16,18,21H,3-4,17,19-20H2,1-2H3,(H,31,35)/t21-/m0/s1. The minimum absolute atomic E-state index is 0.00113. The van der Waals surface area contributed by atoms with Crippen molar-refractivity contribution in [2.24, 2.45) is 0 Å². The van der Waals surface area contributed by atoms with Gasteiger partial charge in [-0.3, -0.25) is 13.9 Å². The van der Waals surface area contributed by atoms with Crippen molar-refractivity contribution in [2.45, 2.75) is 44.2 Å². The first-order chi connectivity index (χ1) is 18.1. The molecule has 202 valence electrons. The molecule has 0 unspecified atom stereocenters. The van der Waals surface area contributed by atoms with E-state index in [1.54, 1.807) is 25.1 Å². The topological polar surface area (TPSA) is 86.8 Å². The largest absolute Gasteiger partial charge is 0.354 e. The monoisotopic (exact) mass is 575 g/mol. The van der Waals surface area contributed by atoms with Crippen LogP contribution in [0, 0.1) is 0 Å². The molecule has 2 amide bonds. The molecule has 0 spiro atoms. The van der Waals surface area contributed by atoms with Crippen LogP contribution in [-0.2, 0) is 26.2 Å². The van der Waals surface area contributed by atoms with E-state index < -0.39 is 28.5 Å². The van der Waals surface area contributed by atoms with Crippen LogP contribution in [0.15, 0.2) is 83.8 Å². The quantitative estimate of drug-likeness (QED) is 0.288. The van der Waals surface area contributed by atoms with E-state index >= 15 is 0 Å². The van der Waals surface area contributed by atoms with Crippen molar-refractivity contribution in [3.63, 3.8) is 0 Å². The summed E-state index contributed by atoms with van der Waals surface area (Å²) in [5.41, 5.74) is 0.907. The van der Waals surface area contributed by atoms with Crippen molar-refractivity contribution < 1.29 is 18.0 Å². The molecule has 1 N–H and O–H groups in total. The van der Waals surface area contributed by atoms with Crippen molar-refractivity contribution in [3.05, 3.63) is 94.5 Å². The van der Waals surface area contributed by atoms with Crippen LogP contribution < -0.4 is 9.62 Å². The Morgan fingerprint density at radius 2 is 1.58 bits per heavy atom. The van der Waals surface area contributed by atoms with Crippen LogP contribution in [0.5, 0.6) is 0 Å². The summed E-state index contributed by atoms with van der Waals surface area (Å²) in [6, 6.07) is 20.5. The molecule has 3 aromatic carbocycles. The number of halogens is 2. The van der Waals surface area contributed by atoms with Gasteiger partial charge in [-0.05, 0) is 49.2 Å². The summed E-state index contributed by atoms with van der Waals surface area (Å²) in [6.45, 7) is 3.69. The molecule has 0 aliphatic rings. The maximum absolute atomic E-state index is 13.8. The lowest BCUT2D eigenvalue weighted by Gasteiger charge is -2.32. The average Bonchev–Trinajstić information content (AvgIpc) is 2.91. The maximum atomic E-state index is 13.8. The fourth-order valence-corrected chi connectivity index (χ4v) is 5.83. The van der Waals surface area contributed by atoms with Gasteiger partial charge < -0.3 is 10.2 Å². The highest BCUT2D eigenvalue weighted by atomic mass is 35.5. The predicted molar refractivity (Wildman–Crippen MR) is 152 cm³/mol. The highest BCUT2D eigenvalue weighted by Gasteiger charge is 2.33. The molecule has 0 aliphatic carbocycles. The number of nitrogens with zero attached hydrogens (tertiary/aromatic N) is 2. The number of hydrogen-bond donors (Lipinski definition) is 1. The molecule has 0 fully saturated rings. The van der Waals surface area contributed by atoms with Gasteiger partial charge in [0.15, 0.2) is 0 Å². The lowest BCUT2D eigenvalue weighted by molar-refractivity contribution is -0.139. The second kappa shape index (κ2) is 13.6. The van der Waals surface area contributed by atoms with Crippen LogP contribution in [0.4, 0.5) is 5.69 Å². The number of hydrogen-bond acceptors (Lipinski definition) is 4. The number of sulfonamides is 1. The predicted octanol–water partition coefficient (Wildman–Crippen LogP) is 5.52. The molecule has 0 aliphatic heterocycles. The summed E-state index contributed by atoms with van der Waals surface area (Å²) in [5.74, 6) is -0.873. The summed E-state index contributed by atoms with van der Waals surface area (Å²) in [6.07, 6.45) is 1.72. The Hall–Kier alpha value is -3.07. The van der Waals surface area contributed by atoms with E-state index in [4.69, 9.17) is 23.2 Å². The van der Waals surface area contributed by atoms with Gasteiger partial charge in [-0.15, -0.1) is 0 Å². The van der Waals surface area contributed by atoms with Gasteiger partial charge in [0.2, 0.25) is 11.8 Å². The Labute approximate surface area is 234 Å². The molecule has 0 bridgehead atoms. The fraction of sp³-hybridized carbons (Fsp3) is 0.286. The zero-order valence-corrected chi connectivity index (χ0v) is 23.6. The van der Waals surface area contributed by atoms with Crippen molar-refractivity contribution in [2.75, 3.05) is 17.4 Å². The van der Waals surface area contributed by atoms with Gasteiger partial charge in [-0.2, -0.15) is 0 Å². The van der Waals surface area contributed by atoms with Crippen molar-refractivity contribution in [1.82, 2.24) is 10.2 Å². The Bertz CT molecular complexity index is 1340. The van der Waals surface area contributed by atoms with E-state index in [1.807, 2.05) is 37.3 Å². The fourth-order valence-electron chi connectivity index (χ4n) is 3.82. The summed E-state index contributed by atoms with van der Waals surface area (Å²) >= 11 is 12.5. The van der Waals surface area contributed by atoms with Crippen LogP contribution in [0.3, 0.4) is 0 Å². The Balaban J connectivity index is 2.00. The van der Waals surface area contributed by atoms with Gasteiger partial charge >= 0.3 is 0 Å². The smallest absolute Gasteiger partial charge is 0.264 e. The van der Waals surface area contributed by atoms with Gasteiger partial charge in [0.05, 0.1) is 15.6 Å². The molecule has 0 saturated carbocycles. The molecule has 0 radical (unpaired) electrons. The number of benzene rings is 3. The number of carbonyl (C=O) groups excluding carboxylic acids is 2. The molecule has 3 aromatic rings. The second-order valence-corrected chi connectivity index (χ2v) is 11.5.